The number of likely N-dealkylation sites (tertiary alicyclic amines) is 1. The van der Waals surface area contributed by atoms with Gasteiger partial charge in [-0.2, -0.15) is 0 Å². The van der Waals surface area contributed by atoms with Gasteiger partial charge in [0.25, 0.3) is 0 Å². The number of hydrogen-bond acceptors (Lipinski definition) is 6. The first-order valence-corrected chi connectivity index (χ1v) is 10.4. The molecule has 6 heteroatoms. The first-order chi connectivity index (χ1) is 14.8. The molecule has 0 radical (unpaired) electrons. The van der Waals surface area contributed by atoms with E-state index in [1.165, 1.54) is 0 Å². The Balaban J connectivity index is 1.18. The van der Waals surface area contributed by atoms with Gasteiger partial charge in [0, 0.05) is 23.1 Å². The number of piperidine rings is 1. The Kier molecular flexibility index (Phi) is 5.24. The Hall–Kier alpha value is -3.12. The van der Waals surface area contributed by atoms with Gasteiger partial charge in [-0.25, -0.2) is 0 Å². The molecule has 1 fully saturated rings. The van der Waals surface area contributed by atoms with Gasteiger partial charge in [-0.15, -0.1) is 0 Å². The summed E-state index contributed by atoms with van der Waals surface area (Å²) in [5, 5.41) is 4.19. The first kappa shape index (κ1) is 18.9. The highest BCUT2D eigenvalue weighted by Gasteiger charge is 2.27. The third-order valence-corrected chi connectivity index (χ3v) is 5.79. The minimum atomic E-state index is 0.0402. The van der Waals surface area contributed by atoms with Crippen molar-refractivity contribution < 1.29 is 18.8 Å². The van der Waals surface area contributed by atoms with Crippen molar-refractivity contribution in [2.45, 2.75) is 19.4 Å². The molecule has 0 unspecified atom stereocenters. The Morgan fingerprint density at radius 2 is 1.73 bits per heavy atom. The van der Waals surface area contributed by atoms with E-state index in [9.17, 15) is 4.79 Å². The maximum absolute atomic E-state index is 13.0. The lowest BCUT2D eigenvalue weighted by molar-refractivity contribution is 0.0826. The van der Waals surface area contributed by atoms with Crippen molar-refractivity contribution in [3.63, 3.8) is 0 Å². The number of Topliss-reactive ketones (excluding diaryl/α,β-unsaturated/α-hetero) is 1. The number of carbonyl (C=O) groups is 1. The van der Waals surface area contributed by atoms with Gasteiger partial charge < -0.3 is 14.0 Å². The van der Waals surface area contributed by atoms with Crippen molar-refractivity contribution in [3.8, 4) is 22.8 Å². The van der Waals surface area contributed by atoms with Crippen LogP contribution < -0.4 is 9.47 Å². The van der Waals surface area contributed by atoms with E-state index in [1.54, 1.807) is 0 Å². The van der Waals surface area contributed by atoms with Gasteiger partial charge >= 0.3 is 0 Å². The summed E-state index contributed by atoms with van der Waals surface area (Å²) in [7, 11) is 0. The van der Waals surface area contributed by atoms with Crippen molar-refractivity contribution in [1.82, 2.24) is 10.1 Å². The molecule has 0 atom stereocenters. The highest BCUT2D eigenvalue weighted by Crippen LogP contribution is 2.32. The lowest BCUT2D eigenvalue weighted by Gasteiger charge is -2.30. The molecule has 3 heterocycles. The average molecular weight is 404 g/mol. The predicted octanol–water partition coefficient (Wildman–Crippen LogP) is 4.21. The molecular formula is C24H24N2O4. The first-order valence-electron chi connectivity index (χ1n) is 10.4. The molecule has 154 valence electrons. The van der Waals surface area contributed by atoms with E-state index in [1.807, 2.05) is 54.6 Å². The molecule has 2 aromatic carbocycles. The van der Waals surface area contributed by atoms with E-state index in [0.717, 1.165) is 48.7 Å². The minimum absolute atomic E-state index is 0.0402. The van der Waals surface area contributed by atoms with Crippen LogP contribution in [0.1, 0.15) is 29.0 Å². The highest BCUT2D eigenvalue weighted by molar-refractivity contribution is 5.98. The van der Waals surface area contributed by atoms with E-state index < -0.39 is 0 Å². The molecule has 0 N–H and O–H groups in total. The molecule has 0 saturated carbocycles. The molecule has 2 aliphatic heterocycles. The Morgan fingerprint density at radius 1 is 0.967 bits per heavy atom. The summed E-state index contributed by atoms with van der Waals surface area (Å²) in [5.41, 5.74) is 2.62. The lowest BCUT2D eigenvalue weighted by Crippen LogP contribution is -2.35. The van der Waals surface area contributed by atoms with Crippen LogP contribution in [0.2, 0.25) is 0 Å². The quantitative estimate of drug-likeness (QED) is 0.594. The van der Waals surface area contributed by atoms with Crippen LogP contribution in [0.3, 0.4) is 0 Å². The van der Waals surface area contributed by atoms with Crippen LogP contribution in [-0.2, 0) is 6.54 Å². The molecule has 30 heavy (non-hydrogen) atoms. The molecule has 1 saturated heterocycles. The van der Waals surface area contributed by atoms with Crippen LogP contribution in [0, 0.1) is 5.92 Å². The summed E-state index contributed by atoms with van der Waals surface area (Å²) in [5.74, 6) is 2.47. The zero-order valence-electron chi connectivity index (χ0n) is 16.8. The SMILES string of the molecule is O=C(c1ccc2c(c1)OCCO2)C1CCN(Cc2cc(-c3ccccc3)no2)CC1. The van der Waals surface area contributed by atoms with E-state index in [-0.39, 0.29) is 11.7 Å². The normalized spacial score (nSPS) is 17.1. The summed E-state index contributed by atoms with van der Waals surface area (Å²) < 4.78 is 16.7. The largest absolute Gasteiger partial charge is 0.486 e. The molecule has 5 rings (SSSR count). The molecular weight excluding hydrogens is 380 g/mol. The summed E-state index contributed by atoms with van der Waals surface area (Å²) in [6.45, 7) is 3.52. The van der Waals surface area contributed by atoms with E-state index in [4.69, 9.17) is 14.0 Å². The molecule has 3 aromatic rings. The van der Waals surface area contributed by atoms with Gasteiger partial charge in [0.05, 0.1) is 6.54 Å². The van der Waals surface area contributed by atoms with Crippen LogP contribution in [0.5, 0.6) is 11.5 Å². The van der Waals surface area contributed by atoms with Crippen molar-refractivity contribution in [2.75, 3.05) is 26.3 Å². The van der Waals surface area contributed by atoms with Crippen LogP contribution in [-0.4, -0.2) is 42.1 Å². The number of aromatic nitrogens is 1. The second-order valence-electron chi connectivity index (χ2n) is 7.82. The molecule has 0 spiro atoms. The van der Waals surface area contributed by atoms with Gasteiger partial charge in [-0.05, 0) is 44.1 Å². The van der Waals surface area contributed by atoms with E-state index in [2.05, 4.69) is 10.1 Å². The smallest absolute Gasteiger partial charge is 0.166 e. The van der Waals surface area contributed by atoms with Crippen molar-refractivity contribution in [3.05, 3.63) is 65.9 Å². The lowest BCUT2D eigenvalue weighted by atomic mass is 9.88. The van der Waals surface area contributed by atoms with Crippen LogP contribution >= 0.6 is 0 Å². The molecule has 0 amide bonds. The zero-order valence-corrected chi connectivity index (χ0v) is 16.8. The van der Waals surface area contributed by atoms with Gasteiger partial charge in [0.2, 0.25) is 0 Å². The highest BCUT2D eigenvalue weighted by atomic mass is 16.6. The summed E-state index contributed by atoms with van der Waals surface area (Å²) in [6, 6.07) is 17.5. The second-order valence-corrected chi connectivity index (χ2v) is 7.82. The monoisotopic (exact) mass is 404 g/mol. The van der Waals surface area contributed by atoms with Gasteiger partial charge in [0.1, 0.15) is 18.9 Å². The molecule has 1 aromatic heterocycles. The fourth-order valence-corrected chi connectivity index (χ4v) is 4.14. The maximum atomic E-state index is 13.0. The third-order valence-electron chi connectivity index (χ3n) is 5.79. The van der Waals surface area contributed by atoms with Crippen LogP contribution in [0.25, 0.3) is 11.3 Å². The summed E-state index contributed by atoms with van der Waals surface area (Å²) >= 11 is 0. The number of hydrogen-bond donors (Lipinski definition) is 0. The third kappa shape index (κ3) is 3.96. The molecule has 2 aliphatic rings. The van der Waals surface area contributed by atoms with Crippen LogP contribution in [0.15, 0.2) is 59.1 Å². The maximum Gasteiger partial charge on any atom is 0.166 e. The minimum Gasteiger partial charge on any atom is -0.486 e. The molecule has 0 bridgehead atoms. The van der Waals surface area contributed by atoms with Gasteiger partial charge in [-0.3, -0.25) is 9.69 Å². The molecule has 0 aliphatic carbocycles. The van der Waals surface area contributed by atoms with E-state index in [0.29, 0.717) is 31.1 Å². The zero-order chi connectivity index (χ0) is 20.3. The number of ether oxygens (including phenoxy) is 2. The number of ketones is 1. The van der Waals surface area contributed by atoms with Gasteiger partial charge in [0.15, 0.2) is 23.0 Å². The topological polar surface area (TPSA) is 64.8 Å². The fraction of sp³-hybridized carbons (Fsp3) is 0.333. The number of rotatable bonds is 5. The van der Waals surface area contributed by atoms with Crippen molar-refractivity contribution in [1.29, 1.82) is 0 Å². The van der Waals surface area contributed by atoms with Crippen molar-refractivity contribution in [2.24, 2.45) is 5.92 Å². The molecule has 6 nitrogen and oxygen atoms in total. The number of nitrogens with zero attached hydrogens (tertiary/aromatic N) is 2. The number of fused-ring (bicyclic) bond motifs is 1. The fourth-order valence-electron chi connectivity index (χ4n) is 4.14. The average Bonchev–Trinajstić information content (AvgIpc) is 3.28. The number of carbonyl (C=O) groups excluding carboxylic acids is 1. The van der Waals surface area contributed by atoms with E-state index >= 15 is 0 Å². The summed E-state index contributed by atoms with van der Waals surface area (Å²) in [4.78, 5) is 15.3. The summed E-state index contributed by atoms with van der Waals surface area (Å²) in [6.07, 6.45) is 1.68. The predicted molar refractivity (Wildman–Crippen MR) is 112 cm³/mol. The Bertz CT molecular complexity index is 1020. The standard InChI is InChI=1S/C24H24N2O4/c27-24(19-6-7-22-23(14-19)29-13-12-28-22)18-8-10-26(11-9-18)16-20-15-21(25-30-20)17-4-2-1-3-5-17/h1-7,14-15,18H,8-13,16H2. The second kappa shape index (κ2) is 8.32. The van der Waals surface area contributed by atoms with Crippen LogP contribution in [0.4, 0.5) is 0 Å². The van der Waals surface area contributed by atoms with Crippen molar-refractivity contribution >= 4 is 5.78 Å². The Labute approximate surface area is 175 Å². The van der Waals surface area contributed by atoms with Gasteiger partial charge in [-0.1, -0.05) is 35.5 Å². The Morgan fingerprint density at radius 3 is 2.53 bits per heavy atom. The number of benzene rings is 2.